The van der Waals surface area contributed by atoms with Crippen molar-refractivity contribution in [2.45, 2.75) is 13.0 Å². The molecule has 2 aromatic heterocycles. The second-order valence-electron chi connectivity index (χ2n) is 7.45. The first-order valence-corrected chi connectivity index (χ1v) is 11.1. The zero-order chi connectivity index (χ0) is 24.4. The number of nitrogens with zero attached hydrogens (tertiary/aromatic N) is 4. The highest BCUT2D eigenvalue weighted by molar-refractivity contribution is 7.18. The number of hydrogen-bond acceptors (Lipinski definition) is 10. The van der Waals surface area contributed by atoms with Crippen LogP contribution >= 0.6 is 11.3 Å². The van der Waals surface area contributed by atoms with Crippen molar-refractivity contribution < 1.29 is 28.0 Å². The van der Waals surface area contributed by atoms with Crippen LogP contribution in [0.15, 0.2) is 34.9 Å². The van der Waals surface area contributed by atoms with Crippen LogP contribution in [0.25, 0.3) is 0 Å². The molecule has 1 fully saturated rings. The van der Waals surface area contributed by atoms with Gasteiger partial charge >= 0.3 is 0 Å². The van der Waals surface area contributed by atoms with Crippen LogP contribution in [-0.4, -0.2) is 65.0 Å². The van der Waals surface area contributed by atoms with Gasteiger partial charge in [0, 0.05) is 24.8 Å². The van der Waals surface area contributed by atoms with Crippen molar-refractivity contribution >= 4 is 45.6 Å². The lowest BCUT2D eigenvalue weighted by molar-refractivity contribution is -0.118. The number of ether oxygens (including phenoxy) is 1. The fourth-order valence-corrected chi connectivity index (χ4v) is 4.37. The number of carbonyl (C=O) groups excluding carboxylic acids is 3. The number of morpholine rings is 1. The Morgan fingerprint density at radius 3 is 2.53 bits per heavy atom. The summed E-state index contributed by atoms with van der Waals surface area (Å²) in [7, 11) is 0. The average molecular weight is 489 g/mol. The summed E-state index contributed by atoms with van der Waals surface area (Å²) in [6, 6.07) is 5.73. The molecule has 2 amide bonds. The van der Waals surface area contributed by atoms with Crippen molar-refractivity contribution in [3.63, 3.8) is 0 Å². The van der Waals surface area contributed by atoms with Crippen LogP contribution in [-0.2, 0) is 9.53 Å². The first kappa shape index (κ1) is 23.3. The highest BCUT2D eigenvalue weighted by Gasteiger charge is 2.30. The van der Waals surface area contributed by atoms with E-state index < -0.39 is 23.5 Å². The Kier molecular flexibility index (Phi) is 6.56. The fraction of sp³-hybridized carbons (Fsp3) is 0.286. The maximum Gasteiger partial charge on any atom is 0.276 e. The van der Waals surface area contributed by atoms with Crippen molar-refractivity contribution in [1.82, 2.24) is 15.0 Å². The maximum absolute atomic E-state index is 13.4. The molecule has 1 aliphatic rings. The molecule has 178 valence electrons. The summed E-state index contributed by atoms with van der Waals surface area (Å²) in [4.78, 5) is 44.8. The van der Waals surface area contributed by atoms with Gasteiger partial charge in [0.2, 0.25) is 17.5 Å². The first-order valence-electron chi connectivity index (χ1n) is 10.2. The molecule has 13 heteroatoms. The summed E-state index contributed by atoms with van der Waals surface area (Å²) in [5.74, 6) is -2.41. The predicted octanol–water partition coefficient (Wildman–Crippen LogP) is 1.57. The predicted molar refractivity (Wildman–Crippen MR) is 120 cm³/mol. The Hall–Kier alpha value is -3.84. The van der Waals surface area contributed by atoms with Gasteiger partial charge in [0.15, 0.2) is 10.8 Å². The standard InChI is InChI=1S/C21H21FN6O5S/c1-11(19(24)30)28(13-4-2-12(22)3-5-13)21-25-18(23)17(34-21)16(29)15-10-14(26-33-15)20(31)27-6-8-32-9-7-27/h2-5,10-11H,6-9,23H2,1H3,(H2,24,30). The summed E-state index contributed by atoms with van der Waals surface area (Å²) < 4.78 is 23.8. The Balaban J connectivity index is 1.62. The molecule has 1 unspecified atom stereocenters. The largest absolute Gasteiger partial charge is 0.382 e. The smallest absolute Gasteiger partial charge is 0.276 e. The van der Waals surface area contributed by atoms with Crippen molar-refractivity contribution in [3.05, 3.63) is 52.5 Å². The molecule has 11 nitrogen and oxygen atoms in total. The van der Waals surface area contributed by atoms with Gasteiger partial charge in [0.1, 0.15) is 22.6 Å². The minimum Gasteiger partial charge on any atom is -0.382 e. The molecule has 4 N–H and O–H groups in total. The molecule has 1 aliphatic heterocycles. The molecular weight excluding hydrogens is 467 g/mol. The summed E-state index contributed by atoms with van der Waals surface area (Å²) in [5, 5.41) is 3.92. The number of carbonyl (C=O) groups is 3. The Bertz CT molecular complexity index is 1220. The molecular formula is C21H21FN6O5S. The molecule has 1 atom stereocenters. The van der Waals surface area contributed by atoms with Crippen LogP contribution in [0.4, 0.5) is 21.0 Å². The van der Waals surface area contributed by atoms with Gasteiger partial charge in [-0.05, 0) is 31.2 Å². The van der Waals surface area contributed by atoms with Crippen LogP contribution in [0, 0.1) is 5.82 Å². The summed E-state index contributed by atoms with van der Waals surface area (Å²) in [6.45, 7) is 3.22. The van der Waals surface area contributed by atoms with Crippen molar-refractivity contribution in [1.29, 1.82) is 0 Å². The lowest BCUT2D eigenvalue weighted by atomic mass is 10.2. The van der Waals surface area contributed by atoms with Crippen molar-refractivity contribution in [2.24, 2.45) is 5.73 Å². The quantitative estimate of drug-likeness (QED) is 0.471. The average Bonchev–Trinajstić information content (AvgIpc) is 3.47. The number of hydrogen-bond donors (Lipinski definition) is 2. The zero-order valence-corrected chi connectivity index (χ0v) is 18.9. The van der Waals surface area contributed by atoms with Crippen LogP contribution in [0.5, 0.6) is 0 Å². The molecule has 3 aromatic rings. The molecule has 0 aliphatic carbocycles. The molecule has 1 saturated heterocycles. The number of primary amides is 1. The highest BCUT2D eigenvalue weighted by Crippen LogP contribution is 2.36. The van der Waals surface area contributed by atoms with E-state index in [-0.39, 0.29) is 33.2 Å². The Morgan fingerprint density at radius 1 is 1.21 bits per heavy atom. The number of amides is 2. The third-order valence-electron chi connectivity index (χ3n) is 5.21. The summed E-state index contributed by atoms with van der Waals surface area (Å²) in [5.41, 5.74) is 11.9. The number of ketones is 1. The van der Waals surface area contributed by atoms with E-state index in [1.54, 1.807) is 11.8 Å². The topological polar surface area (TPSA) is 158 Å². The number of nitrogens with two attached hydrogens (primary N) is 2. The Morgan fingerprint density at radius 2 is 1.88 bits per heavy atom. The van der Waals surface area contributed by atoms with Gasteiger partial charge in [-0.15, -0.1) is 0 Å². The van der Waals surface area contributed by atoms with Gasteiger partial charge in [-0.25, -0.2) is 9.37 Å². The normalized spacial score (nSPS) is 14.6. The van der Waals surface area contributed by atoms with E-state index in [0.717, 1.165) is 11.3 Å². The van der Waals surface area contributed by atoms with Gasteiger partial charge < -0.3 is 30.5 Å². The molecule has 34 heavy (non-hydrogen) atoms. The third kappa shape index (κ3) is 4.61. The van der Waals surface area contributed by atoms with Crippen molar-refractivity contribution in [3.8, 4) is 0 Å². The number of aromatic nitrogens is 2. The molecule has 0 spiro atoms. The molecule has 1 aromatic carbocycles. The molecule has 4 rings (SSSR count). The van der Waals surface area contributed by atoms with E-state index in [4.69, 9.17) is 20.7 Å². The number of benzene rings is 1. The second-order valence-corrected chi connectivity index (χ2v) is 8.42. The minimum absolute atomic E-state index is 0.0103. The van der Waals surface area contributed by atoms with E-state index in [1.807, 2.05) is 0 Å². The Labute approximate surface area is 197 Å². The molecule has 0 radical (unpaired) electrons. The lowest BCUT2D eigenvalue weighted by Gasteiger charge is -2.26. The third-order valence-corrected chi connectivity index (χ3v) is 6.28. The lowest BCUT2D eigenvalue weighted by Crippen LogP contribution is -2.40. The van der Waals surface area contributed by atoms with Gasteiger partial charge in [-0.1, -0.05) is 16.5 Å². The monoisotopic (exact) mass is 488 g/mol. The summed E-state index contributed by atoms with van der Waals surface area (Å²) >= 11 is 0.900. The van der Waals surface area contributed by atoms with Gasteiger partial charge in [-0.2, -0.15) is 0 Å². The first-order chi connectivity index (χ1) is 16.3. The summed E-state index contributed by atoms with van der Waals surface area (Å²) in [6.07, 6.45) is 0. The van der Waals surface area contributed by atoms with Crippen LogP contribution in [0.1, 0.15) is 32.8 Å². The molecule has 0 saturated carbocycles. The fourth-order valence-electron chi connectivity index (χ4n) is 3.34. The van der Waals surface area contributed by atoms with Gasteiger partial charge in [0.05, 0.1) is 13.2 Å². The van der Waals surface area contributed by atoms with Crippen LogP contribution in [0.2, 0.25) is 0 Å². The number of rotatable bonds is 7. The maximum atomic E-state index is 13.4. The van der Waals surface area contributed by atoms with Crippen molar-refractivity contribution in [2.75, 3.05) is 36.9 Å². The molecule has 0 bridgehead atoms. The van der Waals surface area contributed by atoms with Gasteiger partial charge in [0.25, 0.3) is 5.91 Å². The van der Waals surface area contributed by atoms with E-state index >= 15 is 0 Å². The number of thiazole rings is 1. The van der Waals surface area contributed by atoms with E-state index in [9.17, 15) is 18.8 Å². The van der Waals surface area contributed by atoms with Crippen LogP contribution < -0.4 is 16.4 Å². The SMILES string of the molecule is CC(C(N)=O)N(c1ccc(F)cc1)c1nc(N)c(C(=O)c2cc(C(=O)N3CCOCC3)no2)s1. The zero-order valence-electron chi connectivity index (χ0n) is 18.1. The van der Waals surface area contributed by atoms with Crippen LogP contribution in [0.3, 0.4) is 0 Å². The van der Waals surface area contributed by atoms with Gasteiger partial charge in [-0.3, -0.25) is 14.4 Å². The van der Waals surface area contributed by atoms with E-state index in [2.05, 4.69) is 10.1 Å². The number of nitrogen functional groups attached to an aromatic ring is 1. The molecule has 3 heterocycles. The minimum atomic E-state index is -0.873. The second kappa shape index (κ2) is 9.57. The highest BCUT2D eigenvalue weighted by atomic mass is 32.1. The van der Waals surface area contributed by atoms with E-state index in [0.29, 0.717) is 32.0 Å². The number of anilines is 3. The number of halogens is 1. The van der Waals surface area contributed by atoms with E-state index in [1.165, 1.54) is 35.2 Å².